The molecule has 0 radical (unpaired) electrons. The van der Waals surface area contributed by atoms with E-state index in [-0.39, 0.29) is 21.2 Å². The molecule has 7 nitrogen and oxygen atoms in total. The molecular formula is C21H24ClN3O4S2. The summed E-state index contributed by atoms with van der Waals surface area (Å²) in [5.41, 5.74) is 5.74. The third-order valence-corrected chi connectivity index (χ3v) is 8.08. The molecule has 2 aromatic rings. The second-order valence-electron chi connectivity index (χ2n) is 7.21. The largest absolute Gasteiger partial charge is 0.272 e. The molecule has 0 spiro atoms. The highest BCUT2D eigenvalue weighted by molar-refractivity contribution is 8.00. The van der Waals surface area contributed by atoms with Crippen LogP contribution in [-0.4, -0.2) is 43.4 Å². The van der Waals surface area contributed by atoms with Gasteiger partial charge in [0, 0.05) is 18.0 Å². The Bertz CT molecular complexity index is 1050. The molecule has 31 heavy (non-hydrogen) atoms. The first-order chi connectivity index (χ1) is 14.8. The molecule has 166 valence electrons. The molecule has 0 saturated carbocycles. The number of sulfonamides is 1. The molecule has 2 N–H and O–H groups in total. The van der Waals surface area contributed by atoms with Crippen LogP contribution in [0.15, 0.2) is 52.3 Å². The van der Waals surface area contributed by atoms with Crippen LogP contribution in [0.4, 0.5) is 0 Å². The molecule has 0 atom stereocenters. The molecule has 0 unspecified atom stereocenters. The van der Waals surface area contributed by atoms with E-state index in [4.69, 9.17) is 11.6 Å². The number of carbonyl (C=O) groups is 2. The summed E-state index contributed by atoms with van der Waals surface area (Å²) in [7, 11) is -3.70. The van der Waals surface area contributed by atoms with Crippen molar-refractivity contribution >= 4 is 45.2 Å². The quantitative estimate of drug-likeness (QED) is 0.487. The van der Waals surface area contributed by atoms with Crippen molar-refractivity contribution < 1.29 is 18.0 Å². The Morgan fingerprint density at radius 3 is 2.39 bits per heavy atom. The first-order valence-corrected chi connectivity index (χ1v) is 12.7. The molecule has 1 fully saturated rings. The van der Waals surface area contributed by atoms with Gasteiger partial charge in [0.05, 0.1) is 21.2 Å². The summed E-state index contributed by atoms with van der Waals surface area (Å²) in [5.74, 6) is -0.970. The van der Waals surface area contributed by atoms with Crippen LogP contribution in [0.2, 0.25) is 5.02 Å². The minimum Gasteiger partial charge on any atom is -0.272 e. The lowest BCUT2D eigenvalue weighted by atomic mass is 10.2. The predicted molar refractivity (Wildman–Crippen MR) is 122 cm³/mol. The number of thioether (sulfide) groups is 1. The van der Waals surface area contributed by atoms with Gasteiger partial charge in [-0.1, -0.05) is 35.7 Å². The number of hydrogen-bond donors (Lipinski definition) is 2. The van der Waals surface area contributed by atoms with E-state index in [0.717, 1.165) is 29.7 Å². The highest BCUT2D eigenvalue weighted by Crippen LogP contribution is 2.25. The molecule has 1 aliphatic rings. The summed E-state index contributed by atoms with van der Waals surface area (Å²) in [6.45, 7) is 2.90. The van der Waals surface area contributed by atoms with Crippen LogP contribution in [0.5, 0.6) is 0 Å². The Morgan fingerprint density at radius 2 is 1.71 bits per heavy atom. The van der Waals surface area contributed by atoms with Crippen molar-refractivity contribution in [2.45, 2.75) is 36.0 Å². The number of rotatable bonds is 6. The summed E-state index contributed by atoms with van der Waals surface area (Å²) in [5, 5.41) is 0.0957. The highest BCUT2D eigenvalue weighted by atomic mass is 35.5. The van der Waals surface area contributed by atoms with Gasteiger partial charge in [0.15, 0.2) is 0 Å². The van der Waals surface area contributed by atoms with Crippen molar-refractivity contribution in [2.24, 2.45) is 0 Å². The summed E-state index contributed by atoms with van der Waals surface area (Å²) in [4.78, 5) is 25.5. The van der Waals surface area contributed by atoms with Gasteiger partial charge < -0.3 is 0 Å². The van der Waals surface area contributed by atoms with Crippen molar-refractivity contribution in [3.63, 3.8) is 0 Å². The maximum absolute atomic E-state index is 12.9. The van der Waals surface area contributed by atoms with Crippen LogP contribution in [0, 0.1) is 6.92 Å². The SMILES string of the molecule is Cc1ccc(SCC(=O)NNC(=O)c2cc(S(=O)(=O)N3CCCCC3)ccc2Cl)cc1. The van der Waals surface area contributed by atoms with Crippen molar-refractivity contribution in [2.75, 3.05) is 18.8 Å². The van der Waals surface area contributed by atoms with E-state index < -0.39 is 21.8 Å². The molecule has 1 heterocycles. The number of piperidine rings is 1. The fraction of sp³-hybridized carbons (Fsp3) is 0.333. The Labute approximate surface area is 191 Å². The molecule has 1 aliphatic heterocycles. The Hall–Kier alpha value is -2.07. The van der Waals surface area contributed by atoms with Crippen LogP contribution in [0.3, 0.4) is 0 Å². The van der Waals surface area contributed by atoms with Crippen molar-refractivity contribution in [3.05, 3.63) is 58.6 Å². The van der Waals surface area contributed by atoms with Crippen molar-refractivity contribution in [3.8, 4) is 0 Å². The Morgan fingerprint density at radius 1 is 1.03 bits per heavy atom. The smallest absolute Gasteiger partial charge is 0.271 e. The maximum atomic E-state index is 12.9. The summed E-state index contributed by atoms with van der Waals surface area (Å²) >= 11 is 7.45. The highest BCUT2D eigenvalue weighted by Gasteiger charge is 2.27. The average molecular weight is 482 g/mol. The lowest BCUT2D eigenvalue weighted by molar-refractivity contribution is -0.119. The lowest BCUT2D eigenvalue weighted by Crippen LogP contribution is -2.42. The number of benzene rings is 2. The van der Waals surface area contributed by atoms with Crippen LogP contribution in [0.25, 0.3) is 0 Å². The first-order valence-electron chi connectivity index (χ1n) is 9.86. The number of hydrazine groups is 1. The van der Waals surface area contributed by atoms with Crippen molar-refractivity contribution in [1.82, 2.24) is 15.2 Å². The van der Waals surface area contributed by atoms with Crippen LogP contribution >= 0.6 is 23.4 Å². The van der Waals surface area contributed by atoms with E-state index in [0.29, 0.717) is 13.1 Å². The summed E-state index contributed by atoms with van der Waals surface area (Å²) in [6, 6.07) is 11.8. The number of carbonyl (C=O) groups excluding carboxylic acids is 2. The van der Waals surface area contributed by atoms with E-state index in [9.17, 15) is 18.0 Å². The van der Waals surface area contributed by atoms with Gasteiger partial charge in [-0.25, -0.2) is 8.42 Å². The zero-order valence-corrected chi connectivity index (χ0v) is 19.4. The summed E-state index contributed by atoms with van der Waals surface area (Å²) in [6.07, 6.45) is 2.63. The van der Waals surface area contributed by atoms with E-state index in [2.05, 4.69) is 10.9 Å². The van der Waals surface area contributed by atoms with Gasteiger partial charge in [-0.2, -0.15) is 4.31 Å². The fourth-order valence-corrected chi connectivity index (χ4v) is 5.55. The van der Waals surface area contributed by atoms with Gasteiger partial charge in [0.2, 0.25) is 15.9 Å². The van der Waals surface area contributed by atoms with Crippen LogP contribution in [-0.2, 0) is 14.8 Å². The number of hydrogen-bond acceptors (Lipinski definition) is 5. The minimum absolute atomic E-state index is 0.00482. The molecular weight excluding hydrogens is 458 g/mol. The van der Waals surface area contributed by atoms with Gasteiger partial charge in [-0.05, 0) is 50.1 Å². The van der Waals surface area contributed by atoms with E-state index >= 15 is 0 Å². The summed E-state index contributed by atoms with van der Waals surface area (Å²) < 4.78 is 27.1. The van der Waals surface area contributed by atoms with Crippen LogP contribution in [0.1, 0.15) is 35.2 Å². The van der Waals surface area contributed by atoms with Gasteiger partial charge in [-0.15, -0.1) is 11.8 Å². The number of halogens is 1. The second-order valence-corrected chi connectivity index (χ2v) is 10.6. The maximum Gasteiger partial charge on any atom is 0.271 e. The third-order valence-electron chi connectivity index (χ3n) is 4.84. The average Bonchev–Trinajstić information content (AvgIpc) is 2.78. The Kier molecular flexibility index (Phi) is 7.99. The van der Waals surface area contributed by atoms with Gasteiger partial charge in [0.1, 0.15) is 0 Å². The fourth-order valence-electron chi connectivity index (χ4n) is 3.11. The standard InChI is InChI=1S/C21H24ClN3O4S2/c1-15-5-7-16(8-6-15)30-14-20(26)23-24-21(27)18-13-17(9-10-19(18)22)31(28,29)25-11-3-2-4-12-25/h5-10,13H,2-4,11-12,14H2,1H3,(H,23,26)(H,24,27). The molecule has 0 aliphatic carbocycles. The lowest BCUT2D eigenvalue weighted by Gasteiger charge is -2.26. The topological polar surface area (TPSA) is 95.6 Å². The number of aryl methyl sites for hydroxylation is 1. The molecule has 3 rings (SSSR count). The number of amides is 2. The van der Waals surface area contributed by atoms with Crippen LogP contribution < -0.4 is 10.9 Å². The zero-order chi connectivity index (χ0) is 22.4. The second kappa shape index (κ2) is 10.5. The third kappa shape index (κ3) is 6.22. The minimum atomic E-state index is -3.70. The van der Waals surface area contributed by atoms with E-state index in [1.165, 1.54) is 34.3 Å². The van der Waals surface area contributed by atoms with Gasteiger partial charge in [0.25, 0.3) is 5.91 Å². The normalized spacial score (nSPS) is 14.8. The van der Waals surface area contributed by atoms with Crippen molar-refractivity contribution in [1.29, 1.82) is 0 Å². The number of nitrogens with one attached hydrogen (secondary N) is 2. The van der Waals surface area contributed by atoms with E-state index in [1.54, 1.807) is 0 Å². The Balaban J connectivity index is 1.61. The predicted octanol–water partition coefficient (Wildman–Crippen LogP) is 3.38. The molecule has 2 amide bonds. The molecule has 2 aromatic carbocycles. The number of nitrogens with zero attached hydrogens (tertiary/aromatic N) is 1. The molecule has 10 heteroatoms. The van der Waals surface area contributed by atoms with Gasteiger partial charge in [-0.3, -0.25) is 20.4 Å². The zero-order valence-electron chi connectivity index (χ0n) is 17.1. The molecule has 0 aromatic heterocycles. The molecule has 1 saturated heterocycles. The first kappa shape index (κ1) is 23.6. The monoisotopic (exact) mass is 481 g/mol. The van der Waals surface area contributed by atoms with E-state index in [1.807, 2.05) is 31.2 Å². The van der Waals surface area contributed by atoms with Gasteiger partial charge >= 0.3 is 0 Å². The molecule has 0 bridgehead atoms.